The molecule has 0 spiro atoms. The average Bonchev–Trinajstić information content (AvgIpc) is 2.40. The van der Waals surface area contributed by atoms with Crippen LogP contribution in [-0.2, 0) is 12.8 Å². The summed E-state index contributed by atoms with van der Waals surface area (Å²) in [7, 11) is 0. The van der Waals surface area contributed by atoms with E-state index in [0.29, 0.717) is 0 Å². The summed E-state index contributed by atoms with van der Waals surface area (Å²) in [4.78, 5) is 4.76. The Hall–Kier alpha value is -1.63. The maximum absolute atomic E-state index is 4.76. The molecule has 0 amide bonds. The molecule has 1 aromatic carbocycles. The first-order valence-corrected chi connectivity index (χ1v) is 6.39. The Bertz CT molecular complexity index is 529. The van der Waals surface area contributed by atoms with E-state index in [9.17, 15) is 0 Å². The van der Waals surface area contributed by atoms with E-state index >= 15 is 0 Å². The highest BCUT2D eigenvalue weighted by molar-refractivity contribution is 5.61. The lowest BCUT2D eigenvalue weighted by molar-refractivity contribution is 0.677. The minimum absolute atomic E-state index is 1.13. The molecule has 2 aromatic rings. The zero-order valence-corrected chi connectivity index (χ0v) is 10.2. The van der Waals surface area contributed by atoms with E-state index in [2.05, 4.69) is 43.3 Å². The summed E-state index contributed by atoms with van der Waals surface area (Å²) in [5.74, 6) is 0. The van der Waals surface area contributed by atoms with Crippen LogP contribution in [0.2, 0.25) is 0 Å². The highest BCUT2D eigenvalue weighted by Gasteiger charge is 2.14. The monoisotopic (exact) mass is 223 g/mol. The summed E-state index contributed by atoms with van der Waals surface area (Å²) in [6, 6.07) is 12.8. The lowest BCUT2D eigenvalue weighted by atomic mass is 9.90. The molecule has 1 aliphatic carbocycles. The molecule has 0 N–H and O–H groups in total. The smallest absolute Gasteiger partial charge is 0.0708 e. The summed E-state index contributed by atoms with van der Waals surface area (Å²) >= 11 is 0. The minimum Gasteiger partial charge on any atom is -0.253 e. The standard InChI is InChI=1S/C16H17N/c1-12-15-10-6-5-9-14(15)11-16(17-12)13-7-3-2-4-8-13/h2-4,7-8,11H,5-6,9-10H2,1H3. The molecular weight excluding hydrogens is 206 g/mol. The van der Waals surface area contributed by atoms with Crippen molar-refractivity contribution < 1.29 is 0 Å². The number of aromatic nitrogens is 1. The maximum Gasteiger partial charge on any atom is 0.0708 e. The van der Waals surface area contributed by atoms with E-state index in [-0.39, 0.29) is 0 Å². The maximum atomic E-state index is 4.76. The second-order valence-electron chi connectivity index (χ2n) is 4.80. The van der Waals surface area contributed by atoms with Gasteiger partial charge in [0.2, 0.25) is 0 Å². The van der Waals surface area contributed by atoms with Gasteiger partial charge in [-0.15, -0.1) is 0 Å². The van der Waals surface area contributed by atoms with Crippen LogP contribution in [0.5, 0.6) is 0 Å². The number of nitrogens with zero attached hydrogens (tertiary/aromatic N) is 1. The number of fused-ring (bicyclic) bond motifs is 1. The van der Waals surface area contributed by atoms with E-state index in [1.165, 1.54) is 48.1 Å². The van der Waals surface area contributed by atoms with Gasteiger partial charge in [-0.2, -0.15) is 0 Å². The van der Waals surface area contributed by atoms with Crippen LogP contribution in [0.1, 0.15) is 29.7 Å². The van der Waals surface area contributed by atoms with Crippen molar-refractivity contribution in [1.82, 2.24) is 4.98 Å². The second-order valence-corrected chi connectivity index (χ2v) is 4.80. The molecule has 0 fully saturated rings. The predicted molar refractivity (Wildman–Crippen MR) is 71.1 cm³/mol. The Balaban J connectivity index is 2.11. The molecule has 86 valence electrons. The summed E-state index contributed by atoms with van der Waals surface area (Å²) in [5.41, 5.74) is 6.59. The van der Waals surface area contributed by atoms with Gasteiger partial charge in [0.05, 0.1) is 5.69 Å². The Morgan fingerprint density at radius 3 is 2.59 bits per heavy atom. The van der Waals surface area contributed by atoms with Gasteiger partial charge in [0.15, 0.2) is 0 Å². The van der Waals surface area contributed by atoms with Crippen molar-refractivity contribution in [2.45, 2.75) is 32.6 Å². The van der Waals surface area contributed by atoms with E-state index in [4.69, 9.17) is 4.98 Å². The van der Waals surface area contributed by atoms with Crippen LogP contribution in [0, 0.1) is 6.92 Å². The lowest BCUT2D eigenvalue weighted by Crippen LogP contribution is -2.07. The van der Waals surface area contributed by atoms with Gasteiger partial charge >= 0.3 is 0 Å². The third kappa shape index (κ3) is 1.97. The van der Waals surface area contributed by atoms with Gasteiger partial charge in [0.25, 0.3) is 0 Å². The number of rotatable bonds is 1. The van der Waals surface area contributed by atoms with Crippen LogP contribution in [0.15, 0.2) is 36.4 Å². The third-order valence-corrected chi connectivity index (χ3v) is 3.62. The van der Waals surface area contributed by atoms with Gasteiger partial charge in [0, 0.05) is 11.3 Å². The normalized spacial score (nSPS) is 14.4. The van der Waals surface area contributed by atoms with Crippen LogP contribution in [0.4, 0.5) is 0 Å². The molecule has 0 unspecified atom stereocenters. The highest BCUT2D eigenvalue weighted by atomic mass is 14.7. The van der Waals surface area contributed by atoms with Crippen molar-refractivity contribution in [3.05, 3.63) is 53.2 Å². The van der Waals surface area contributed by atoms with Gasteiger partial charge in [0.1, 0.15) is 0 Å². The van der Waals surface area contributed by atoms with Crippen LogP contribution in [0.25, 0.3) is 11.3 Å². The van der Waals surface area contributed by atoms with Gasteiger partial charge in [-0.1, -0.05) is 30.3 Å². The first-order chi connectivity index (χ1) is 8.34. The average molecular weight is 223 g/mol. The zero-order valence-electron chi connectivity index (χ0n) is 10.2. The van der Waals surface area contributed by atoms with Crippen molar-refractivity contribution in [1.29, 1.82) is 0 Å². The van der Waals surface area contributed by atoms with Gasteiger partial charge in [-0.05, 0) is 49.8 Å². The molecule has 0 bridgehead atoms. The van der Waals surface area contributed by atoms with Crippen LogP contribution in [-0.4, -0.2) is 4.98 Å². The van der Waals surface area contributed by atoms with Crippen LogP contribution >= 0.6 is 0 Å². The van der Waals surface area contributed by atoms with Crippen molar-refractivity contribution >= 4 is 0 Å². The molecule has 1 heteroatoms. The molecule has 0 saturated carbocycles. The fourth-order valence-electron chi connectivity index (χ4n) is 2.70. The number of hydrogen-bond donors (Lipinski definition) is 0. The predicted octanol–water partition coefficient (Wildman–Crippen LogP) is 3.94. The summed E-state index contributed by atoms with van der Waals surface area (Å²) < 4.78 is 0. The Morgan fingerprint density at radius 2 is 1.76 bits per heavy atom. The molecule has 0 atom stereocenters. The van der Waals surface area contributed by atoms with Crippen molar-refractivity contribution in [3.63, 3.8) is 0 Å². The molecule has 1 aromatic heterocycles. The molecule has 0 saturated heterocycles. The first kappa shape index (κ1) is 10.5. The van der Waals surface area contributed by atoms with Gasteiger partial charge < -0.3 is 0 Å². The molecule has 1 heterocycles. The molecule has 17 heavy (non-hydrogen) atoms. The first-order valence-electron chi connectivity index (χ1n) is 6.39. The largest absolute Gasteiger partial charge is 0.253 e. The van der Waals surface area contributed by atoms with E-state index < -0.39 is 0 Å². The van der Waals surface area contributed by atoms with Crippen molar-refractivity contribution in [2.24, 2.45) is 0 Å². The van der Waals surface area contributed by atoms with Gasteiger partial charge in [-0.3, -0.25) is 4.98 Å². The number of pyridine rings is 1. The molecule has 3 rings (SSSR count). The molecule has 1 aliphatic rings. The minimum atomic E-state index is 1.13. The SMILES string of the molecule is Cc1nc(-c2ccccc2)cc2c1CCCC2. The van der Waals surface area contributed by atoms with Gasteiger partial charge in [-0.25, -0.2) is 0 Å². The molecule has 0 radical (unpaired) electrons. The van der Waals surface area contributed by atoms with Crippen molar-refractivity contribution in [3.8, 4) is 11.3 Å². The Kier molecular flexibility index (Phi) is 2.68. The summed E-state index contributed by atoms with van der Waals surface area (Å²) in [5, 5.41) is 0. The zero-order chi connectivity index (χ0) is 11.7. The molecule has 1 nitrogen and oxygen atoms in total. The third-order valence-electron chi connectivity index (χ3n) is 3.62. The van der Waals surface area contributed by atoms with E-state index in [1.807, 2.05) is 0 Å². The second kappa shape index (κ2) is 4.33. The van der Waals surface area contributed by atoms with E-state index in [0.717, 1.165) is 5.69 Å². The highest BCUT2D eigenvalue weighted by Crippen LogP contribution is 2.27. The quantitative estimate of drug-likeness (QED) is 0.713. The summed E-state index contributed by atoms with van der Waals surface area (Å²) in [6.45, 7) is 2.15. The fourth-order valence-corrected chi connectivity index (χ4v) is 2.70. The number of aryl methyl sites for hydroxylation is 2. The number of hydrogen-bond acceptors (Lipinski definition) is 1. The topological polar surface area (TPSA) is 12.9 Å². The Labute approximate surface area is 103 Å². The molecular formula is C16H17N. The van der Waals surface area contributed by atoms with Crippen LogP contribution < -0.4 is 0 Å². The number of benzene rings is 1. The molecule has 0 aliphatic heterocycles. The van der Waals surface area contributed by atoms with Crippen LogP contribution in [0.3, 0.4) is 0 Å². The summed E-state index contributed by atoms with van der Waals surface area (Å²) in [6.07, 6.45) is 5.08. The van der Waals surface area contributed by atoms with E-state index in [1.54, 1.807) is 0 Å². The Morgan fingerprint density at radius 1 is 1.00 bits per heavy atom. The fraction of sp³-hybridized carbons (Fsp3) is 0.312. The lowest BCUT2D eigenvalue weighted by Gasteiger charge is -2.18. The van der Waals surface area contributed by atoms with Crippen molar-refractivity contribution in [2.75, 3.05) is 0 Å².